The summed E-state index contributed by atoms with van der Waals surface area (Å²) in [7, 11) is 0. The van der Waals surface area contributed by atoms with E-state index < -0.39 is 0 Å². The molecule has 1 aromatic heterocycles. The molecule has 0 amide bonds. The summed E-state index contributed by atoms with van der Waals surface area (Å²) < 4.78 is 0. The lowest BCUT2D eigenvalue weighted by molar-refractivity contribution is 0.777. The Bertz CT molecular complexity index is 188. The maximum Gasteiger partial charge on any atom is 0.0176 e. The zero-order valence-electron chi connectivity index (χ0n) is 6.78. The van der Waals surface area contributed by atoms with Crippen LogP contribution in [0.25, 0.3) is 0 Å². The van der Waals surface area contributed by atoms with Gasteiger partial charge in [-0.15, -0.1) is 0 Å². The molecule has 0 aromatic carbocycles. The van der Waals surface area contributed by atoms with E-state index in [2.05, 4.69) is 24.9 Å². The lowest BCUT2D eigenvalue weighted by atomic mass is 10.1. The van der Waals surface area contributed by atoms with Crippen LogP contribution in [0.15, 0.2) is 12.3 Å². The maximum absolute atomic E-state index is 3.24. The number of aromatic nitrogens is 1. The van der Waals surface area contributed by atoms with Crippen molar-refractivity contribution in [3.8, 4) is 0 Å². The molecule has 1 heteroatoms. The van der Waals surface area contributed by atoms with Crippen molar-refractivity contribution in [2.75, 3.05) is 0 Å². The van der Waals surface area contributed by atoms with Crippen LogP contribution in [0.4, 0.5) is 0 Å². The number of aromatic amines is 1. The van der Waals surface area contributed by atoms with E-state index in [4.69, 9.17) is 0 Å². The molecular formula is C9H15N. The molecule has 0 fully saturated rings. The Balaban J connectivity index is 2.49. The first-order valence-corrected chi connectivity index (χ1v) is 3.97. The summed E-state index contributed by atoms with van der Waals surface area (Å²) >= 11 is 0. The molecule has 0 radical (unpaired) electrons. The average molecular weight is 137 g/mol. The second-order valence-electron chi connectivity index (χ2n) is 2.74. The summed E-state index contributed by atoms with van der Waals surface area (Å²) in [6, 6.07) is 2.13. The van der Waals surface area contributed by atoms with E-state index in [0.29, 0.717) is 0 Å². The zero-order valence-corrected chi connectivity index (χ0v) is 6.78. The predicted molar refractivity (Wildman–Crippen MR) is 44.1 cm³/mol. The van der Waals surface area contributed by atoms with E-state index in [1.165, 1.54) is 30.5 Å². The molecule has 0 unspecified atom stereocenters. The topological polar surface area (TPSA) is 15.8 Å². The Kier molecular flexibility index (Phi) is 2.55. The zero-order chi connectivity index (χ0) is 7.40. The highest BCUT2D eigenvalue weighted by molar-refractivity contribution is 5.18. The summed E-state index contributed by atoms with van der Waals surface area (Å²) in [5.74, 6) is 0. The van der Waals surface area contributed by atoms with Crippen molar-refractivity contribution in [2.45, 2.75) is 33.1 Å². The summed E-state index contributed by atoms with van der Waals surface area (Å²) in [5.41, 5.74) is 2.80. The number of unbranched alkanes of at least 4 members (excludes halogenated alkanes) is 1. The van der Waals surface area contributed by atoms with Gasteiger partial charge >= 0.3 is 0 Å². The molecule has 1 heterocycles. The third kappa shape index (κ3) is 1.63. The Hall–Kier alpha value is -0.720. The van der Waals surface area contributed by atoms with Crippen molar-refractivity contribution in [3.05, 3.63) is 23.5 Å². The molecule has 56 valence electrons. The van der Waals surface area contributed by atoms with Gasteiger partial charge in [0.05, 0.1) is 0 Å². The Morgan fingerprint density at radius 2 is 2.30 bits per heavy atom. The highest BCUT2D eigenvalue weighted by Gasteiger charge is 1.95. The highest BCUT2D eigenvalue weighted by Crippen LogP contribution is 2.07. The number of aryl methyl sites for hydroxylation is 2. The van der Waals surface area contributed by atoms with Gasteiger partial charge < -0.3 is 4.98 Å². The normalized spacial score (nSPS) is 10.2. The smallest absolute Gasteiger partial charge is 0.0176 e. The van der Waals surface area contributed by atoms with Crippen molar-refractivity contribution < 1.29 is 0 Å². The summed E-state index contributed by atoms with van der Waals surface area (Å²) in [6.45, 7) is 4.37. The van der Waals surface area contributed by atoms with E-state index >= 15 is 0 Å². The Morgan fingerprint density at radius 1 is 1.50 bits per heavy atom. The van der Waals surface area contributed by atoms with E-state index in [-0.39, 0.29) is 0 Å². The van der Waals surface area contributed by atoms with Gasteiger partial charge in [-0.2, -0.15) is 0 Å². The SMILES string of the molecule is CCCCc1[nH]ccc1C. The largest absolute Gasteiger partial charge is 0.365 e. The summed E-state index contributed by atoms with van der Waals surface area (Å²) in [5, 5.41) is 0. The fourth-order valence-electron chi connectivity index (χ4n) is 1.10. The van der Waals surface area contributed by atoms with Crippen molar-refractivity contribution in [1.82, 2.24) is 4.98 Å². The number of rotatable bonds is 3. The lowest BCUT2D eigenvalue weighted by Crippen LogP contribution is -1.86. The van der Waals surface area contributed by atoms with Gasteiger partial charge in [0.1, 0.15) is 0 Å². The van der Waals surface area contributed by atoms with Gasteiger partial charge in [-0.3, -0.25) is 0 Å². The molecule has 0 saturated carbocycles. The molecule has 0 aliphatic carbocycles. The van der Waals surface area contributed by atoms with E-state index in [0.717, 1.165) is 0 Å². The van der Waals surface area contributed by atoms with Crippen molar-refractivity contribution in [3.63, 3.8) is 0 Å². The maximum atomic E-state index is 3.24. The van der Waals surface area contributed by atoms with Crippen LogP contribution >= 0.6 is 0 Å². The molecule has 1 aromatic rings. The predicted octanol–water partition coefficient (Wildman–Crippen LogP) is 2.67. The third-order valence-electron chi connectivity index (χ3n) is 1.85. The summed E-state index contributed by atoms with van der Waals surface area (Å²) in [4.78, 5) is 3.24. The van der Waals surface area contributed by atoms with Gasteiger partial charge in [-0.05, 0) is 31.4 Å². The molecule has 0 aliphatic rings. The van der Waals surface area contributed by atoms with Crippen LogP contribution in [0.3, 0.4) is 0 Å². The van der Waals surface area contributed by atoms with Gasteiger partial charge in [0.2, 0.25) is 0 Å². The minimum atomic E-state index is 1.20. The van der Waals surface area contributed by atoms with Gasteiger partial charge in [0, 0.05) is 11.9 Å². The highest BCUT2D eigenvalue weighted by atomic mass is 14.7. The fourth-order valence-corrected chi connectivity index (χ4v) is 1.10. The van der Waals surface area contributed by atoms with Gasteiger partial charge in [-0.1, -0.05) is 13.3 Å². The Labute approximate surface area is 62.5 Å². The van der Waals surface area contributed by atoms with Crippen LogP contribution in [-0.4, -0.2) is 4.98 Å². The van der Waals surface area contributed by atoms with Gasteiger partial charge in [0.15, 0.2) is 0 Å². The number of hydrogen-bond donors (Lipinski definition) is 1. The van der Waals surface area contributed by atoms with Crippen LogP contribution in [0.2, 0.25) is 0 Å². The first kappa shape index (κ1) is 7.39. The summed E-state index contributed by atoms with van der Waals surface area (Å²) in [6.07, 6.45) is 5.79. The van der Waals surface area contributed by atoms with Gasteiger partial charge in [-0.25, -0.2) is 0 Å². The van der Waals surface area contributed by atoms with Crippen LogP contribution < -0.4 is 0 Å². The van der Waals surface area contributed by atoms with Crippen LogP contribution in [0.5, 0.6) is 0 Å². The number of nitrogens with one attached hydrogen (secondary N) is 1. The molecule has 0 bridgehead atoms. The fraction of sp³-hybridized carbons (Fsp3) is 0.556. The molecular weight excluding hydrogens is 122 g/mol. The molecule has 0 saturated heterocycles. The molecule has 1 rings (SSSR count). The molecule has 1 N–H and O–H groups in total. The van der Waals surface area contributed by atoms with E-state index in [1.807, 2.05) is 6.20 Å². The molecule has 0 aliphatic heterocycles. The molecule has 0 spiro atoms. The number of hydrogen-bond acceptors (Lipinski definition) is 0. The van der Waals surface area contributed by atoms with Crippen molar-refractivity contribution >= 4 is 0 Å². The Morgan fingerprint density at radius 3 is 2.80 bits per heavy atom. The van der Waals surface area contributed by atoms with E-state index in [9.17, 15) is 0 Å². The van der Waals surface area contributed by atoms with Crippen LogP contribution in [0.1, 0.15) is 31.0 Å². The molecule has 10 heavy (non-hydrogen) atoms. The van der Waals surface area contributed by atoms with Crippen LogP contribution in [0, 0.1) is 6.92 Å². The monoisotopic (exact) mass is 137 g/mol. The average Bonchev–Trinajstić information content (AvgIpc) is 2.31. The number of H-pyrrole nitrogens is 1. The minimum Gasteiger partial charge on any atom is -0.365 e. The minimum absolute atomic E-state index is 1.20. The van der Waals surface area contributed by atoms with E-state index in [1.54, 1.807) is 0 Å². The first-order valence-electron chi connectivity index (χ1n) is 3.97. The second-order valence-corrected chi connectivity index (χ2v) is 2.74. The lowest BCUT2D eigenvalue weighted by Gasteiger charge is -1.96. The first-order chi connectivity index (χ1) is 4.84. The molecule has 0 atom stereocenters. The van der Waals surface area contributed by atoms with Crippen LogP contribution in [-0.2, 0) is 6.42 Å². The third-order valence-corrected chi connectivity index (χ3v) is 1.85. The van der Waals surface area contributed by atoms with Crippen molar-refractivity contribution in [2.24, 2.45) is 0 Å². The standard InChI is InChI=1S/C9H15N/c1-3-4-5-9-8(2)6-7-10-9/h6-7,10H,3-5H2,1-2H3. The quantitative estimate of drug-likeness (QED) is 0.659. The molecule has 1 nitrogen and oxygen atoms in total. The van der Waals surface area contributed by atoms with Gasteiger partial charge in [0.25, 0.3) is 0 Å². The van der Waals surface area contributed by atoms with Crippen molar-refractivity contribution in [1.29, 1.82) is 0 Å². The second kappa shape index (κ2) is 3.45.